The van der Waals surface area contributed by atoms with Crippen molar-refractivity contribution < 1.29 is 9.32 Å². The molecule has 0 aliphatic carbocycles. The van der Waals surface area contributed by atoms with Crippen LogP contribution in [0.1, 0.15) is 25.1 Å². The number of rotatable bonds is 4. The minimum absolute atomic E-state index is 0.0287. The van der Waals surface area contributed by atoms with Crippen LogP contribution in [0.15, 0.2) is 10.9 Å². The van der Waals surface area contributed by atoms with Gasteiger partial charge in [-0.3, -0.25) is 4.79 Å². The summed E-state index contributed by atoms with van der Waals surface area (Å²) >= 11 is 0. The van der Waals surface area contributed by atoms with E-state index >= 15 is 0 Å². The Kier molecular flexibility index (Phi) is 3.87. The maximum atomic E-state index is 11.7. The average molecular weight is 224 g/mol. The van der Waals surface area contributed by atoms with Gasteiger partial charge in [0.1, 0.15) is 0 Å². The summed E-state index contributed by atoms with van der Waals surface area (Å²) in [6.45, 7) is 1.49. The van der Waals surface area contributed by atoms with Crippen LogP contribution in [0.25, 0.3) is 0 Å². The fourth-order valence-corrected chi connectivity index (χ4v) is 1.80. The van der Waals surface area contributed by atoms with Gasteiger partial charge in [-0.1, -0.05) is 11.6 Å². The average Bonchev–Trinajstić information content (AvgIpc) is 2.83. The van der Waals surface area contributed by atoms with Gasteiger partial charge in [-0.15, -0.1) is 0 Å². The molecule has 16 heavy (non-hydrogen) atoms. The Hall–Kier alpha value is -1.43. The van der Waals surface area contributed by atoms with Crippen LogP contribution >= 0.6 is 0 Å². The first kappa shape index (κ1) is 11.1. The maximum absolute atomic E-state index is 11.7. The number of nitrogens with one attached hydrogen (secondary N) is 2. The fourth-order valence-electron chi connectivity index (χ4n) is 1.80. The first-order valence-corrected chi connectivity index (χ1v) is 5.62. The van der Waals surface area contributed by atoms with Gasteiger partial charge in [0.15, 0.2) is 5.82 Å². The Labute approximate surface area is 93.8 Å². The predicted octanol–water partition coefficient (Wildman–Crippen LogP) is -0.130. The zero-order valence-corrected chi connectivity index (χ0v) is 9.11. The number of aromatic nitrogens is 2. The first-order chi connectivity index (χ1) is 7.86. The van der Waals surface area contributed by atoms with Crippen molar-refractivity contribution >= 4 is 5.91 Å². The third-order valence-electron chi connectivity index (χ3n) is 2.68. The highest BCUT2D eigenvalue weighted by molar-refractivity contribution is 5.81. The molecular weight excluding hydrogens is 208 g/mol. The minimum atomic E-state index is -0.0287. The summed E-state index contributed by atoms with van der Waals surface area (Å²) in [5.41, 5.74) is 0. The van der Waals surface area contributed by atoms with Crippen molar-refractivity contribution in [3.05, 3.63) is 12.2 Å². The van der Waals surface area contributed by atoms with E-state index in [4.69, 9.17) is 0 Å². The summed E-state index contributed by atoms with van der Waals surface area (Å²) in [6.07, 6.45) is 5.10. The lowest BCUT2D eigenvalue weighted by Gasteiger charge is -2.22. The van der Waals surface area contributed by atoms with Crippen LogP contribution in [-0.2, 0) is 11.2 Å². The van der Waals surface area contributed by atoms with Gasteiger partial charge in [0.05, 0.1) is 6.04 Å². The van der Waals surface area contributed by atoms with E-state index in [1.807, 2.05) is 0 Å². The second-order valence-corrected chi connectivity index (χ2v) is 3.89. The standard InChI is InChI=1S/C10H16N4O2/c15-10(8-3-1-2-5-11-8)12-6-4-9-13-7-16-14-9/h7-8,11H,1-6H2,(H,12,15)/t8-/m1/s1. The van der Waals surface area contributed by atoms with Crippen LogP contribution in [0.4, 0.5) is 0 Å². The molecule has 1 amide bonds. The summed E-state index contributed by atoms with van der Waals surface area (Å²) in [7, 11) is 0. The molecule has 1 aromatic heterocycles. The van der Waals surface area contributed by atoms with E-state index in [1.165, 1.54) is 6.39 Å². The molecule has 88 valence electrons. The fraction of sp³-hybridized carbons (Fsp3) is 0.700. The second kappa shape index (κ2) is 5.60. The van der Waals surface area contributed by atoms with Crippen LogP contribution in [0.3, 0.4) is 0 Å². The molecule has 0 spiro atoms. The van der Waals surface area contributed by atoms with Gasteiger partial charge in [0, 0.05) is 13.0 Å². The smallest absolute Gasteiger partial charge is 0.237 e. The van der Waals surface area contributed by atoms with Crippen molar-refractivity contribution in [3.63, 3.8) is 0 Å². The van der Waals surface area contributed by atoms with Crippen molar-refractivity contribution in [2.24, 2.45) is 0 Å². The van der Waals surface area contributed by atoms with Crippen LogP contribution in [0.2, 0.25) is 0 Å². The highest BCUT2D eigenvalue weighted by Gasteiger charge is 2.19. The molecule has 1 aliphatic rings. The highest BCUT2D eigenvalue weighted by atomic mass is 16.5. The van der Waals surface area contributed by atoms with E-state index in [1.54, 1.807) is 0 Å². The molecule has 1 aromatic rings. The topological polar surface area (TPSA) is 80.1 Å². The Morgan fingerprint density at radius 1 is 1.62 bits per heavy atom. The molecule has 1 fully saturated rings. The molecule has 0 bridgehead atoms. The lowest BCUT2D eigenvalue weighted by molar-refractivity contribution is -0.123. The molecule has 1 atom stereocenters. The van der Waals surface area contributed by atoms with Crippen molar-refractivity contribution in [1.29, 1.82) is 0 Å². The quantitative estimate of drug-likeness (QED) is 0.744. The van der Waals surface area contributed by atoms with E-state index in [0.717, 1.165) is 25.8 Å². The number of nitrogens with zero attached hydrogens (tertiary/aromatic N) is 2. The van der Waals surface area contributed by atoms with Gasteiger partial charge in [-0.25, -0.2) is 0 Å². The van der Waals surface area contributed by atoms with Gasteiger partial charge in [-0.05, 0) is 19.4 Å². The zero-order chi connectivity index (χ0) is 11.2. The molecule has 6 heteroatoms. The van der Waals surface area contributed by atoms with Crippen molar-refractivity contribution in [2.75, 3.05) is 13.1 Å². The largest absolute Gasteiger partial charge is 0.354 e. The molecule has 2 N–H and O–H groups in total. The molecule has 2 rings (SSSR count). The van der Waals surface area contributed by atoms with Crippen molar-refractivity contribution in [1.82, 2.24) is 20.8 Å². The molecule has 1 aliphatic heterocycles. The van der Waals surface area contributed by atoms with E-state index in [0.29, 0.717) is 18.8 Å². The molecular formula is C10H16N4O2. The summed E-state index contributed by atoms with van der Waals surface area (Å²) in [5, 5.41) is 9.74. The first-order valence-electron chi connectivity index (χ1n) is 5.62. The van der Waals surface area contributed by atoms with Gasteiger partial charge in [0.2, 0.25) is 12.3 Å². The van der Waals surface area contributed by atoms with Crippen LogP contribution in [0.5, 0.6) is 0 Å². The number of amides is 1. The number of carbonyl (C=O) groups is 1. The maximum Gasteiger partial charge on any atom is 0.237 e. The van der Waals surface area contributed by atoms with Crippen molar-refractivity contribution in [2.45, 2.75) is 31.7 Å². The summed E-state index contributed by atoms with van der Waals surface area (Å²) in [5.74, 6) is 0.695. The number of hydrogen-bond donors (Lipinski definition) is 2. The van der Waals surface area contributed by atoms with E-state index in [9.17, 15) is 4.79 Å². The molecule has 0 aromatic carbocycles. The van der Waals surface area contributed by atoms with Crippen LogP contribution in [-0.4, -0.2) is 35.2 Å². The summed E-state index contributed by atoms with van der Waals surface area (Å²) in [4.78, 5) is 15.6. The van der Waals surface area contributed by atoms with Crippen LogP contribution in [0, 0.1) is 0 Å². The highest BCUT2D eigenvalue weighted by Crippen LogP contribution is 2.06. The summed E-state index contributed by atoms with van der Waals surface area (Å²) in [6, 6.07) is -0.0287. The number of hydrogen-bond acceptors (Lipinski definition) is 5. The van der Waals surface area contributed by atoms with E-state index < -0.39 is 0 Å². The molecule has 0 saturated carbocycles. The molecule has 1 saturated heterocycles. The van der Waals surface area contributed by atoms with E-state index in [2.05, 4.69) is 25.3 Å². The predicted molar refractivity (Wildman–Crippen MR) is 56.7 cm³/mol. The van der Waals surface area contributed by atoms with Gasteiger partial charge >= 0.3 is 0 Å². The molecule has 2 heterocycles. The molecule has 0 radical (unpaired) electrons. The Morgan fingerprint density at radius 3 is 3.25 bits per heavy atom. The lowest BCUT2D eigenvalue weighted by Crippen LogP contribution is -2.47. The summed E-state index contributed by atoms with van der Waals surface area (Å²) < 4.78 is 4.60. The van der Waals surface area contributed by atoms with Gasteiger partial charge < -0.3 is 15.2 Å². The Morgan fingerprint density at radius 2 is 2.56 bits per heavy atom. The van der Waals surface area contributed by atoms with Gasteiger partial charge in [-0.2, -0.15) is 4.98 Å². The monoisotopic (exact) mass is 224 g/mol. The molecule has 6 nitrogen and oxygen atoms in total. The van der Waals surface area contributed by atoms with Crippen molar-refractivity contribution in [3.8, 4) is 0 Å². The Bertz CT molecular complexity index is 320. The van der Waals surface area contributed by atoms with E-state index in [-0.39, 0.29) is 11.9 Å². The lowest BCUT2D eigenvalue weighted by atomic mass is 10.0. The number of carbonyl (C=O) groups excluding carboxylic acids is 1. The zero-order valence-electron chi connectivity index (χ0n) is 9.11. The van der Waals surface area contributed by atoms with Gasteiger partial charge in [0.25, 0.3) is 0 Å². The Balaban J connectivity index is 1.67. The minimum Gasteiger partial charge on any atom is -0.354 e. The van der Waals surface area contributed by atoms with Crippen LogP contribution < -0.4 is 10.6 Å². The number of piperidine rings is 1. The molecule has 0 unspecified atom stereocenters. The third kappa shape index (κ3) is 3.03. The SMILES string of the molecule is O=C(NCCc1ncon1)[C@H]1CCCCN1. The third-order valence-corrected chi connectivity index (χ3v) is 2.68. The second-order valence-electron chi connectivity index (χ2n) is 3.89. The normalized spacial score (nSPS) is 20.6.